The highest BCUT2D eigenvalue weighted by Crippen LogP contribution is 2.29. The Morgan fingerprint density at radius 3 is 2.31 bits per heavy atom. The van der Waals surface area contributed by atoms with Crippen molar-refractivity contribution in [2.75, 3.05) is 52.9 Å². The van der Waals surface area contributed by atoms with Crippen LogP contribution in [0.5, 0.6) is 0 Å². The molecule has 0 spiro atoms. The smallest absolute Gasteiger partial charge is 0.0110 e. The second-order valence-electron chi connectivity index (χ2n) is 5.71. The van der Waals surface area contributed by atoms with Crippen molar-refractivity contribution >= 4 is 0 Å². The third kappa shape index (κ3) is 4.04. The summed E-state index contributed by atoms with van der Waals surface area (Å²) in [6.07, 6.45) is 2.97. The molecule has 1 unspecified atom stereocenters. The van der Waals surface area contributed by atoms with E-state index in [4.69, 9.17) is 0 Å². The van der Waals surface area contributed by atoms with Gasteiger partial charge in [0.1, 0.15) is 0 Å². The first-order chi connectivity index (χ1) is 7.78. The molecular weight excluding hydrogens is 198 g/mol. The minimum Gasteiger partial charge on any atom is -0.319 e. The van der Waals surface area contributed by atoms with E-state index in [2.05, 4.69) is 22.0 Å². The summed E-state index contributed by atoms with van der Waals surface area (Å²) >= 11 is 0. The lowest BCUT2D eigenvalue weighted by atomic mass is 10.1. The number of hydrogen-bond donors (Lipinski definition) is 1. The highest BCUT2D eigenvalue weighted by atomic mass is 15.3. The van der Waals surface area contributed by atoms with E-state index >= 15 is 0 Å². The van der Waals surface area contributed by atoms with Gasteiger partial charge in [-0.05, 0) is 38.3 Å². The van der Waals surface area contributed by atoms with E-state index in [0.29, 0.717) is 0 Å². The predicted octanol–water partition coefficient (Wildman–Crippen LogP) is 0.870. The second-order valence-corrected chi connectivity index (χ2v) is 5.71. The van der Waals surface area contributed by atoms with Crippen molar-refractivity contribution in [2.45, 2.75) is 19.8 Å². The van der Waals surface area contributed by atoms with Gasteiger partial charge in [-0.1, -0.05) is 6.92 Å². The average Bonchev–Trinajstić information content (AvgIpc) is 3.05. The summed E-state index contributed by atoms with van der Waals surface area (Å²) in [5.74, 6) is 1.83. The SMILES string of the molecule is CNCC(C)CN1CCN(CC2CC2)CC1. The van der Waals surface area contributed by atoms with Crippen molar-refractivity contribution < 1.29 is 0 Å². The standard InChI is InChI=1S/C13H27N3/c1-12(9-14-2)10-15-5-7-16(8-6-15)11-13-3-4-13/h12-14H,3-11H2,1-2H3. The summed E-state index contributed by atoms with van der Waals surface area (Å²) in [6, 6.07) is 0. The van der Waals surface area contributed by atoms with E-state index in [9.17, 15) is 0 Å². The Balaban J connectivity index is 1.60. The summed E-state index contributed by atoms with van der Waals surface area (Å²) in [7, 11) is 2.05. The highest BCUT2D eigenvalue weighted by Gasteiger charge is 2.26. The van der Waals surface area contributed by atoms with Crippen LogP contribution in [0.2, 0.25) is 0 Å². The van der Waals surface area contributed by atoms with Gasteiger partial charge in [-0.15, -0.1) is 0 Å². The van der Waals surface area contributed by atoms with Crippen LogP contribution in [0, 0.1) is 11.8 Å². The van der Waals surface area contributed by atoms with Crippen LogP contribution in [-0.4, -0.2) is 62.7 Å². The molecule has 0 aromatic heterocycles. The molecule has 94 valence electrons. The van der Waals surface area contributed by atoms with Gasteiger partial charge in [0, 0.05) is 39.3 Å². The Hall–Kier alpha value is -0.120. The van der Waals surface area contributed by atoms with Crippen molar-refractivity contribution in [3.05, 3.63) is 0 Å². The van der Waals surface area contributed by atoms with Crippen molar-refractivity contribution in [2.24, 2.45) is 11.8 Å². The van der Waals surface area contributed by atoms with Crippen molar-refractivity contribution in [3.8, 4) is 0 Å². The minimum atomic E-state index is 0.778. The Labute approximate surface area is 100 Å². The fourth-order valence-corrected chi connectivity index (χ4v) is 2.67. The van der Waals surface area contributed by atoms with E-state index in [0.717, 1.165) is 18.4 Å². The Bertz CT molecular complexity index is 195. The molecule has 3 heteroatoms. The van der Waals surface area contributed by atoms with Gasteiger partial charge in [-0.25, -0.2) is 0 Å². The molecule has 1 aliphatic carbocycles. The molecule has 1 atom stereocenters. The maximum Gasteiger partial charge on any atom is 0.0110 e. The quantitative estimate of drug-likeness (QED) is 0.724. The molecule has 2 aliphatic rings. The van der Waals surface area contributed by atoms with Gasteiger partial charge in [0.2, 0.25) is 0 Å². The molecule has 0 radical (unpaired) electrons. The lowest BCUT2D eigenvalue weighted by Gasteiger charge is -2.36. The molecule has 0 aromatic rings. The molecule has 0 amide bonds. The molecule has 2 rings (SSSR count). The maximum atomic E-state index is 3.26. The Morgan fingerprint density at radius 2 is 1.75 bits per heavy atom. The fraction of sp³-hybridized carbons (Fsp3) is 1.00. The monoisotopic (exact) mass is 225 g/mol. The molecule has 1 aliphatic heterocycles. The third-order valence-corrected chi connectivity index (χ3v) is 3.80. The summed E-state index contributed by atoms with van der Waals surface area (Å²) in [6.45, 7) is 11.3. The number of nitrogens with one attached hydrogen (secondary N) is 1. The zero-order valence-corrected chi connectivity index (χ0v) is 10.9. The first-order valence-corrected chi connectivity index (χ1v) is 6.87. The highest BCUT2D eigenvalue weighted by molar-refractivity contribution is 4.81. The van der Waals surface area contributed by atoms with E-state index in [1.165, 1.54) is 52.1 Å². The van der Waals surface area contributed by atoms with E-state index in [1.54, 1.807) is 0 Å². The van der Waals surface area contributed by atoms with Gasteiger partial charge < -0.3 is 15.1 Å². The van der Waals surface area contributed by atoms with Crippen LogP contribution in [0.4, 0.5) is 0 Å². The summed E-state index contributed by atoms with van der Waals surface area (Å²) < 4.78 is 0. The van der Waals surface area contributed by atoms with E-state index < -0.39 is 0 Å². The number of nitrogens with zero attached hydrogens (tertiary/aromatic N) is 2. The predicted molar refractivity (Wildman–Crippen MR) is 68.7 cm³/mol. The number of rotatable bonds is 6. The second kappa shape index (κ2) is 5.99. The molecule has 0 aromatic carbocycles. The summed E-state index contributed by atoms with van der Waals surface area (Å²) in [5, 5.41) is 3.26. The van der Waals surface area contributed by atoms with Gasteiger partial charge in [-0.2, -0.15) is 0 Å². The summed E-state index contributed by atoms with van der Waals surface area (Å²) in [5.41, 5.74) is 0. The normalized spacial score (nSPS) is 25.9. The van der Waals surface area contributed by atoms with Gasteiger partial charge in [0.25, 0.3) is 0 Å². The zero-order valence-electron chi connectivity index (χ0n) is 10.9. The molecule has 0 bridgehead atoms. The van der Waals surface area contributed by atoms with Crippen LogP contribution in [0.3, 0.4) is 0 Å². The van der Waals surface area contributed by atoms with Gasteiger partial charge in [0.15, 0.2) is 0 Å². The van der Waals surface area contributed by atoms with Gasteiger partial charge >= 0.3 is 0 Å². The van der Waals surface area contributed by atoms with Crippen LogP contribution >= 0.6 is 0 Å². The third-order valence-electron chi connectivity index (χ3n) is 3.80. The van der Waals surface area contributed by atoms with Crippen LogP contribution < -0.4 is 5.32 Å². The van der Waals surface area contributed by atoms with Crippen molar-refractivity contribution in [1.82, 2.24) is 15.1 Å². The lowest BCUT2D eigenvalue weighted by molar-refractivity contribution is 0.116. The van der Waals surface area contributed by atoms with Crippen molar-refractivity contribution in [3.63, 3.8) is 0 Å². The lowest BCUT2D eigenvalue weighted by Crippen LogP contribution is -2.48. The first-order valence-electron chi connectivity index (χ1n) is 6.87. The molecule has 1 saturated carbocycles. The molecule has 1 N–H and O–H groups in total. The van der Waals surface area contributed by atoms with E-state index in [-0.39, 0.29) is 0 Å². The molecular formula is C13H27N3. The molecule has 1 saturated heterocycles. The molecule has 2 fully saturated rings. The fourth-order valence-electron chi connectivity index (χ4n) is 2.67. The van der Waals surface area contributed by atoms with Gasteiger partial charge in [0.05, 0.1) is 0 Å². The molecule has 3 nitrogen and oxygen atoms in total. The molecule has 16 heavy (non-hydrogen) atoms. The number of hydrogen-bond acceptors (Lipinski definition) is 3. The Kier molecular flexibility index (Phi) is 4.62. The largest absolute Gasteiger partial charge is 0.319 e. The van der Waals surface area contributed by atoms with Crippen LogP contribution in [0.15, 0.2) is 0 Å². The van der Waals surface area contributed by atoms with Crippen LogP contribution in [0.25, 0.3) is 0 Å². The topological polar surface area (TPSA) is 18.5 Å². The number of piperazine rings is 1. The van der Waals surface area contributed by atoms with Gasteiger partial charge in [-0.3, -0.25) is 0 Å². The van der Waals surface area contributed by atoms with E-state index in [1.807, 2.05) is 7.05 Å². The van der Waals surface area contributed by atoms with Crippen molar-refractivity contribution in [1.29, 1.82) is 0 Å². The minimum absolute atomic E-state index is 0.778. The average molecular weight is 225 g/mol. The van der Waals surface area contributed by atoms with Crippen LogP contribution in [0.1, 0.15) is 19.8 Å². The zero-order chi connectivity index (χ0) is 11.4. The molecule has 1 heterocycles. The Morgan fingerprint density at radius 1 is 1.12 bits per heavy atom. The maximum absolute atomic E-state index is 3.26. The van der Waals surface area contributed by atoms with Crippen LogP contribution in [-0.2, 0) is 0 Å². The first kappa shape index (κ1) is 12.3. The summed E-state index contributed by atoms with van der Waals surface area (Å²) in [4.78, 5) is 5.29.